The summed E-state index contributed by atoms with van der Waals surface area (Å²) in [6, 6.07) is 13.8. The van der Waals surface area contributed by atoms with Crippen molar-refractivity contribution in [1.29, 1.82) is 0 Å². The van der Waals surface area contributed by atoms with Gasteiger partial charge in [0.1, 0.15) is 11.5 Å². The fourth-order valence-electron chi connectivity index (χ4n) is 3.97. The zero-order valence-electron chi connectivity index (χ0n) is 18.1. The van der Waals surface area contributed by atoms with E-state index in [1.54, 1.807) is 41.7 Å². The van der Waals surface area contributed by atoms with E-state index in [2.05, 4.69) is 4.98 Å². The van der Waals surface area contributed by atoms with E-state index in [4.69, 9.17) is 4.74 Å². The van der Waals surface area contributed by atoms with Gasteiger partial charge in [-0.05, 0) is 31.0 Å². The van der Waals surface area contributed by atoms with Crippen LogP contribution in [-0.2, 0) is 16.1 Å². The van der Waals surface area contributed by atoms with E-state index in [0.717, 1.165) is 11.1 Å². The second-order valence-electron chi connectivity index (χ2n) is 7.79. The van der Waals surface area contributed by atoms with E-state index in [-0.39, 0.29) is 11.3 Å². The summed E-state index contributed by atoms with van der Waals surface area (Å²) in [6.07, 6.45) is 5.92. The topological polar surface area (TPSA) is 84.7 Å². The number of aromatic nitrogens is 2. The van der Waals surface area contributed by atoms with Crippen molar-refractivity contribution in [3.05, 3.63) is 89.5 Å². The number of rotatable bonds is 7. The Morgan fingerprint density at radius 2 is 1.91 bits per heavy atom. The fourth-order valence-corrected chi connectivity index (χ4v) is 3.97. The Labute approximate surface area is 186 Å². The number of aliphatic hydroxyl groups is 1. The van der Waals surface area contributed by atoms with Crippen LogP contribution in [0.4, 0.5) is 0 Å². The number of ether oxygens (including phenoxy) is 1. The maximum absolute atomic E-state index is 13.1. The van der Waals surface area contributed by atoms with Crippen molar-refractivity contribution >= 4 is 17.4 Å². The Morgan fingerprint density at radius 1 is 1.12 bits per heavy atom. The lowest BCUT2D eigenvalue weighted by Crippen LogP contribution is -2.31. The minimum Gasteiger partial charge on any atom is -0.507 e. The van der Waals surface area contributed by atoms with Gasteiger partial charge in [0, 0.05) is 31.0 Å². The van der Waals surface area contributed by atoms with Crippen LogP contribution in [0.2, 0.25) is 0 Å². The molecule has 0 aliphatic carbocycles. The summed E-state index contributed by atoms with van der Waals surface area (Å²) in [4.78, 5) is 31.7. The second-order valence-corrected chi connectivity index (χ2v) is 7.79. The van der Waals surface area contributed by atoms with Gasteiger partial charge in [-0.25, -0.2) is 4.98 Å². The summed E-state index contributed by atoms with van der Waals surface area (Å²) in [5, 5.41) is 11.1. The van der Waals surface area contributed by atoms with Crippen molar-refractivity contribution in [1.82, 2.24) is 14.5 Å². The highest BCUT2D eigenvalue weighted by atomic mass is 16.5. The fraction of sp³-hybridized carbons (Fsp3) is 0.240. The molecule has 4 rings (SSSR count). The number of carbonyl (C=O) groups excluding carboxylic acids is 2. The number of carbonyl (C=O) groups is 2. The zero-order valence-corrected chi connectivity index (χ0v) is 18.1. The number of imidazole rings is 1. The number of amides is 1. The highest BCUT2D eigenvalue weighted by molar-refractivity contribution is 6.46. The van der Waals surface area contributed by atoms with Gasteiger partial charge in [-0.3, -0.25) is 9.59 Å². The first-order valence-corrected chi connectivity index (χ1v) is 10.4. The van der Waals surface area contributed by atoms with Crippen molar-refractivity contribution in [3.8, 4) is 5.75 Å². The van der Waals surface area contributed by atoms with Gasteiger partial charge in [0.15, 0.2) is 0 Å². The molecule has 3 aromatic rings. The van der Waals surface area contributed by atoms with Crippen LogP contribution in [-0.4, -0.2) is 44.9 Å². The van der Waals surface area contributed by atoms with E-state index in [1.165, 1.54) is 7.11 Å². The molecule has 32 heavy (non-hydrogen) atoms. The quantitative estimate of drug-likeness (QED) is 0.350. The van der Waals surface area contributed by atoms with E-state index >= 15 is 0 Å². The highest BCUT2D eigenvalue weighted by Gasteiger charge is 2.45. The first kappa shape index (κ1) is 21.4. The molecule has 1 amide bonds. The van der Waals surface area contributed by atoms with Crippen molar-refractivity contribution in [2.24, 2.45) is 0 Å². The minimum atomic E-state index is -0.682. The molecule has 0 bridgehead atoms. The van der Waals surface area contributed by atoms with Crippen LogP contribution in [0.3, 0.4) is 0 Å². The molecule has 1 N–H and O–H groups in total. The number of nitrogens with zero attached hydrogens (tertiary/aromatic N) is 3. The molecule has 1 fully saturated rings. The summed E-state index contributed by atoms with van der Waals surface area (Å²) in [5.74, 6) is -0.940. The van der Waals surface area contributed by atoms with Crippen molar-refractivity contribution in [2.75, 3.05) is 13.7 Å². The number of aryl methyl sites for hydroxylation is 2. The molecule has 0 spiro atoms. The number of likely N-dealkylation sites (tertiary alicyclic amines) is 1. The van der Waals surface area contributed by atoms with Crippen LogP contribution in [0.5, 0.6) is 5.75 Å². The summed E-state index contributed by atoms with van der Waals surface area (Å²) in [5.41, 5.74) is 2.37. The molecular formula is C25H25N3O4. The molecule has 1 aliphatic rings. The molecule has 1 aliphatic heterocycles. The molecule has 1 aromatic heterocycles. The van der Waals surface area contributed by atoms with E-state index in [9.17, 15) is 14.7 Å². The van der Waals surface area contributed by atoms with Gasteiger partial charge >= 0.3 is 0 Å². The predicted molar refractivity (Wildman–Crippen MR) is 120 cm³/mol. The van der Waals surface area contributed by atoms with Gasteiger partial charge in [-0.15, -0.1) is 0 Å². The van der Waals surface area contributed by atoms with E-state index in [0.29, 0.717) is 30.8 Å². The first-order chi connectivity index (χ1) is 15.5. The van der Waals surface area contributed by atoms with Gasteiger partial charge in [0.25, 0.3) is 11.7 Å². The van der Waals surface area contributed by atoms with Gasteiger partial charge in [-0.1, -0.05) is 42.0 Å². The summed E-state index contributed by atoms with van der Waals surface area (Å²) < 4.78 is 7.17. The van der Waals surface area contributed by atoms with Crippen LogP contribution in [0.1, 0.15) is 29.2 Å². The van der Waals surface area contributed by atoms with E-state index < -0.39 is 17.7 Å². The van der Waals surface area contributed by atoms with Crippen molar-refractivity contribution in [2.45, 2.75) is 25.9 Å². The van der Waals surface area contributed by atoms with Crippen molar-refractivity contribution in [3.63, 3.8) is 0 Å². The molecule has 164 valence electrons. The number of ketones is 1. The lowest BCUT2D eigenvalue weighted by Gasteiger charge is -2.25. The third-order valence-corrected chi connectivity index (χ3v) is 5.65. The normalized spacial score (nSPS) is 17.7. The number of hydrogen-bond donors (Lipinski definition) is 1. The Bertz CT molecular complexity index is 1150. The maximum atomic E-state index is 13.1. The Hall–Kier alpha value is -3.87. The number of benzene rings is 2. The van der Waals surface area contributed by atoms with E-state index in [1.807, 2.05) is 42.0 Å². The van der Waals surface area contributed by atoms with Crippen molar-refractivity contribution < 1.29 is 19.4 Å². The average molecular weight is 431 g/mol. The Morgan fingerprint density at radius 3 is 2.59 bits per heavy atom. The standard InChI is InChI=1S/C25H25N3O4/c1-17-7-9-18(10-8-17)22-21(23(29)19-5-3-6-20(15-19)32-2)24(30)25(31)28(22)13-4-12-27-14-11-26-16-27/h3,5-11,14-16,22,29H,4,12-13H2,1-2H3/b23-21-. The van der Waals surface area contributed by atoms with Crippen LogP contribution in [0, 0.1) is 6.92 Å². The summed E-state index contributed by atoms with van der Waals surface area (Å²) >= 11 is 0. The van der Waals surface area contributed by atoms with Gasteiger partial charge in [0.05, 0.1) is 25.1 Å². The third kappa shape index (κ3) is 4.14. The average Bonchev–Trinajstić information content (AvgIpc) is 3.41. The molecule has 0 saturated carbocycles. The minimum absolute atomic E-state index is 0.0923. The van der Waals surface area contributed by atoms with Gasteiger partial charge in [0.2, 0.25) is 0 Å². The molecular weight excluding hydrogens is 406 g/mol. The Balaban J connectivity index is 1.73. The number of Topliss-reactive ketones (excluding diaryl/α,β-unsaturated/α-hetero) is 1. The number of aliphatic hydroxyl groups excluding tert-OH is 1. The van der Waals surface area contributed by atoms with Gasteiger partial charge < -0.3 is 19.3 Å². The molecule has 0 radical (unpaired) electrons. The summed E-state index contributed by atoms with van der Waals surface area (Å²) in [6.45, 7) is 3.01. The van der Waals surface area contributed by atoms with Gasteiger partial charge in [-0.2, -0.15) is 0 Å². The number of hydrogen-bond acceptors (Lipinski definition) is 5. The molecule has 1 atom stereocenters. The first-order valence-electron chi connectivity index (χ1n) is 10.4. The lowest BCUT2D eigenvalue weighted by atomic mass is 9.94. The number of methoxy groups -OCH3 is 1. The smallest absolute Gasteiger partial charge is 0.295 e. The monoisotopic (exact) mass is 431 g/mol. The Kier molecular flexibility index (Phi) is 6.07. The SMILES string of the molecule is COc1cccc(/C(O)=C2/C(=O)C(=O)N(CCCn3ccnc3)C2c2ccc(C)cc2)c1. The molecule has 7 heteroatoms. The highest BCUT2D eigenvalue weighted by Crippen LogP contribution is 2.39. The second kappa shape index (κ2) is 9.09. The van der Waals surface area contributed by atoms with Crippen LogP contribution in [0.15, 0.2) is 72.8 Å². The molecule has 1 unspecified atom stereocenters. The van der Waals surface area contributed by atoms with Crippen LogP contribution >= 0.6 is 0 Å². The van der Waals surface area contributed by atoms with Crippen LogP contribution < -0.4 is 4.74 Å². The molecule has 7 nitrogen and oxygen atoms in total. The molecule has 2 heterocycles. The third-order valence-electron chi connectivity index (χ3n) is 5.65. The summed E-state index contributed by atoms with van der Waals surface area (Å²) in [7, 11) is 1.53. The molecule has 1 saturated heterocycles. The molecule has 2 aromatic carbocycles. The maximum Gasteiger partial charge on any atom is 0.295 e. The predicted octanol–water partition coefficient (Wildman–Crippen LogP) is 3.71. The lowest BCUT2D eigenvalue weighted by molar-refractivity contribution is -0.139. The zero-order chi connectivity index (χ0) is 22.7. The van der Waals surface area contributed by atoms with Crippen LogP contribution in [0.25, 0.3) is 5.76 Å². The largest absolute Gasteiger partial charge is 0.507 e.